The zero-order valence-electron chi connectivity index (χ0n) is 7.50. The van der Waals surface area contributed by atoms with Crippen molar-refractivity contribution in [2.75, 3.05) is 6.61 Å². The van der Waals surface area contributed by atoms with Crippen molar-refractivity contribution in [3.63, 3.8) is 0 Å². The maximum absolute atomic E-state index is 13.4. The molecule has 14 heavy (non-hydrogen) atoms. The SMILES string of the molecule is OC/C=C/c1c[nH]c2cccc(F)c12. The quantitative estimate of drug-likeness (QED) is 0.750. The molecule has 0 saturated heterocycles. The fourth-order valence-electron chi connectivity index (χ4n) is 1.48. The lowest BCUT2D eigenvalue weighted by atomic mass is 10.1. The van der Waals surface area contributed by atoms with Crippen LogP contribution in [0.4, 0.5) is 4.39 Å². The molecular weight excluding hydrogens is 181 g/mol. The van der Waals surface area contributed by atoms with Gasteiger partial charge in [0, 0.05) is 22.7 Å². The highest BCUT2D eigenvalue weighted by Crippen LogP contribution is 2.22. The minimum atomic E-state index is -0.249. The van der Waals surface area contributed by atoms with Gasteiger partial charge in [0.2, 0.25) is 0 Å². The molecule has 0 radical (unpaired) electrons. The number of hydrogen-bond donors (Lipinski definition) is 2. The first-order valence-corrected chi connectivity index (χ1v) is 4.36. The molecular formula is C11H10FNO. The third kappa shape index (κ3) is 1.42. The average molecular weight is 191 g/mol. The van der Waals surface area contributed by atoms with Gasteiger partial charge in [0.1, 0.15) is 5.82 Å². The Labute approximate surface area is 80.7 Å². The van der Waals surface area contributed by atoms with E-state index in [4.69, 9.17) is 5.11 Å². The lowest BCUT2D eigenvalue weighted by molar-refractivity contribution is 0.343. The molecule has 72 valence electrons. The van der Waals surface area contributed by atoms with Crippen LogP contribution < -0.4 is 0 Å². The summed E-state index contributed by atoms with van der Waals surface area (Å²) in [5.74, 6) is -0.249. The molecule has 2 aromatic rings. The molecule has 0 amide bonds. The van der Waals surface area contributed by atoms with E-state index in [0.29, 0.717) is 5.39 Å². The van der Waals surface area contributed by atoms with Crippen LogP contribution in [0.1, 0.15) is 5.56 Å². The van der Waals surface area contributed by atoms with Crippen LogP contribution in [0.3, 0.4) is 0 Å². The Morgan fingerprint density at radius 3 is 3.07 bits per heavy atom. The van der Waals surface area contributed by atoms with E-state index in [2.05, 4.69) is 4.98 Å². The van der Waals surface area contributed by atoms with E-state index in [1.54, 1.807) is 24.4 Å². The summed E-state index contributed by atoms with van der Waals surface area (Å²) in [6.07, 6.45) is 5.00. The number of aliphatic hydroxyl groups excluding tert-OH is 1. The van der Waals surface area contributed by atoms with Gasteiger partial charge in [-0.25, -0.2) is 4.39 Å². The smallest absolute Gasteiger partial charge is 0.133 e. The van der Waals surface area contributed by atoms with E-state index in [1.807, 2.05) is 6.07 Å². The average Bonchev–Trinajstić information content (AvgIpc) is 2.59. The topological polar surface area (TPSA) is 36.0 Å². The third-order valence-corrected chi connectivity index (χ3v) is 2.09. The van der Waals surface area contributed by atoms with Crippen LogP contribution >= 0.6 is 0 Å². The Balaban J connectivity index is 2.61. The van der Waals surface area contributed by atoms with E-state index in [1.165, 1.54) is 6.07 Å². The Hall–Kier alpha value is -1.61. The monoisotopic (exact) mass is 191 g/mol. The van der Waals surface area contributed by atoms with Crippen molar-refractivity contribution in [1.29, 1.82) is 0 Å². The van der Waals surface area contributed by atoms with Gasteiger partial charge in [0.05, 0.1) is 6.61 Å². The van der Waals surface area contributed by atoms with Crippen LogP contribution in [0.25, 0.3) is 17.0 Å². The molecule has 2 N–H and O–H groups in total. The third-order valence-electron chi connectivity index (χ3n) is 2.09. The summed E-state index contributed by atoms with van der Waals surface area (Å²) in [4.78, 5) is 2.97. The fourth-order valence-corrected chi connectivity index (χ4v) is 1.48. The minimum Gasteiger partial charge on any atom is -0.392 e. The number of halogens is 1. The summed E-state index contributed by atoms with van der Waals surface area (Å²) in [6.45, 7) is -0.0405. The Morgan fingerprint density at radius 1 is 1.43 bits per heavy atom. The number of fused-ring (bicyclic) bond motifs is 1. The number of aromatic amines is 1. The molecule has 1 heterocycles. The predicted molar refractivity (Wildman–Crippen MR) is 54.4 cm³/mol. The molecule has 3 heteroatoms. The Kier molecular flexibility index (Phi) is 2.33. The van der Waals surface area contributed by atoms with Gasteiger partial charge in [-0.15, -0.1) is 0 Å². The van der Waals surface area contributed by atoms with Crippen LogP contribution in [0.2, 0.25) is 0 Å². The molecule has 1 aromatic heterocycles. The number of aliphatic hydroxyl groups is 1. The van der Waals surface area contributed by atoms with Crippen LogP contribution in [0.15, 0.2) is 30.5 Å². The van der Waals surface area contributed by atoms with E-state index < -0.39 is 0 Å². The van der Waals surface area contributed by atoms with Gasteiger partial charge in [-0.2, -0.15) is 0 Å². The van der Waals surface area contributed by atoms with E-state index >= 15 is 0 Å². The lowest BCUT2D eigenvalue weighted by Gasteiger charge is -1.93. The summed E-state index contributed by atoms with van der Waals surface area (Å²) < 4.78 is 13.4. The highest BCUT2D eigenvalue weighted by Gasteiger charge is 2.04. The molecule has 0 aliphatic carbocycles. The first kappa shape index (κ1) is 8.97. The minimum absolute atomic E-state index is 0.0405. The molecule has 0 saturated carbocycles. The molecule has 0 aliphatic rings. The largest absolute Gasteiger partial charge is 0.392 e. The van der Waals surface area contributed by atoms with E-state index in [9.17, 15) is 4.39 Å². The highest BCUT2D eigenvalue weighted by atomic mass is 19.1. The van der Waals surface area contributed by atoms with Gasteiger partial charge in [0.25, 0.3) is 0 Å². The number of benzene rings is 1. The van der Waals surface area contributed by atoms with Crippen molar-refractivity contribution in [3.05, 3.63) is 41.9 Å². The molecule has 2 nitrogen and oxygen atoms in total. The van der Waals surface area contributed by atoms with Crippen LogP contribution in [0, 0.1) is 5.82 Å². The molecule has 0 unspecified atom stereocenters. The first-order valence-electron chi connectivity index (χ1n) is 4.36. The zero-order valence-corrected chi connectivity index (χ0v) is 7.50. The summed E-state index contributed by atoms with van der Waals surface area (Å²) in [5, 5.41) is 9.18. The van der Waals surface area contributed by atoms with Crippen LogP contribution in [-0.2, 0) is 0 Å². The van der Waals surface area contributed by atoms with Crippen molar-refractivity contribution in [2.24, 2.45) is 0 Å². The summed E-state index contributed by atoms with van der Waals surface area (Å²) in [6, 6.07) is 4.90. The molecule has 0 atom stereocenters. The van der Waals surface area contributed by atoms with Gasteiger partial charge >= 0.3 is 0 Å². The molecule has 0 bridgehead atoms. The van der Waals surface area contributed by atoms with Crippen molar-refractivity contribution in [2.45, 2.75) is 0 Å². The van der Waals surface area contributed by atoms with Crippen molar-refractivity contribution >= 4 is 17.0 Å². The Morgan fingerprint density at radius 2 is 2.29 bits per heavy atom. The summed E-state index contributed by atoms with van der Waals surface area (Å²) in [5.41, 5.74) is 1.52. The fraction of sp³-hybridized carbons (Fsp3) is 0.0909. The number of aromatic nitrogens is 1. The molecule has 0 fully saturated rings. The number of rotatable bonds is 2. The first-order chi connectivity index (χ1) is 6.83. The van der Waals surface area contributed by atoms with Gasteiger partial charge < -0.3 is 10.1 Å². The Bertz CT molecular complexity index is 473. The second-order valence-corrected chi connectivity index (χ2v) is 2.99. The molecule has 0 aliphatic heterocycles. The highest BCUT2D eigenvalue weighted by molar-refractivity contribution is 5.89. The lowest BCUT2D eigenvalue weighted by Crippen LogP contribution is -1.77. The van der Waals surface area contributed by atoms with Gasteiger partial charge in [-0.05, 0) is 12.1 Å². The van der Waals surface area contributed by atoms with E-state index in [0.717, 1.165) is 11.1 Å². The van der Waals surface area contributed by atoms with Gasteiger partial charge in [-0.1, -0.05) is 18.2 Å². The number of nitrogens with one attached hydrogen (secondary N) is 1. The maximum atomic E-state index is 13.4. The van der Waals surface area contributed by atoms with E-state index in [-0.39, 0.29) is 12.4 Å². The number of H-pyrrole nitrogens is 1. The predicted octanol–water partition coefficient (Wildman–Crippen LogP) is 2.31. The van der Waals surface area contributed by atoms with Crippen LogP contribution in [-0.4, -0.2) is 16.7 Å². The van der Waals surface area contributed by atoms with Gasteiger partial charge in [0.15, 0.2) is 0 Å². The van der Waals surface area contributed by atoms with Crippen LogP contribution in [0.5, 0.6) is 0 Å². The normalized spacial score (nSPS) is 11.6. The number of hydrogen-bond acceptors (Lipinski definition) is 1. The maximum Gasteiger partial charge on any atom is 0.133 e. The molecule has 1 aromatic carbocycles. The zero-order chi connectivity index (χ0) is 9.97. The summed E-state index contributed by atoms with van der Waals surface area (Å²) in [7, 11) is 0. The van der Waals surface area contributed by atoms with Crippen molar-refractivity contribution < 1.29 is 9.50 Å². The van der Waals surface area contributed by atoms with Crippen molar-refractivity contribution in [3.8, 4) is 0 Å². The van der Waals surface area contributed by atoms with Gasteiger partial charge in [-0.3, -0.25) is 0 Å². The molecule has 0 spiro atoms. The summed E-state index contributed by atoms with van der Waals surface area (Å²) >= 11 is 0. The second-order valence-electron chi connectivity index (χ2n) is 2.99. The van der Waals surface area contributed by atoms with Crippen molar-refractivity contribution in [1.82, 2.24) is 4.98 Å². The standard InChI is InChI=1S/C11H10FNO/c12-9-4-1-5-10-11(9)8(7-13-10)3-2-6-14/h1-5,7,13-14H,6H2/b3-2+. The second kappa shape index (κ2) is 3.64. The molecule has 2 rings (SSSR count).